The molecule has 0 spiro atoms. The highest BCUT2D eigenvalue weighted by molar-refractivity contribution is 7.98. The third kappa shape index (κ3) is 4.14. The quantitative estimate of drug-likeness (QED) is 0.444. The number of H-pyrrole nitrogens is 1. The summed E-state index contributed by atoms with van der Waals surface area (Å²) in [6, 6.07) is 13.6. The first-order valence-corrected chi connectivity index (χ1v) is 10.1. The average molecular weight is 420 g/mol. The van der Waals surface area contributed by atoms with E-state index in [0.29, 0.717) is 26.9 Å². The van der Waals surface area contributed by atoms with Crippen molar-refractivity contribution in [1.82, 2.24) is 15.2 Å². The highest BCUT2D eigenvalue weighted by atomic mass is 35.5. The molecule has 4 aromatic rings. The molecule has 138 valence electrons. The van der Waals surface area contributed by atoms with Crippen LogP contribution in [0, 0.1) is 0 Å². The van der Waals surface area contributed by atoms with Crippen molar-refractivity contribution in [3.05, 3.63) is 75.7 Å². The van der Waals surface area contributed by atoms with Gasteiger partial charge in [-0.2, -0.15) is 0 Å². The lowest BCUT2D eigenvalue weighted by molar-refractivity contribution is -0.431. The second-order valence-corrected chi connectivity index (χ2v) is 7.94. The summed E-state index contributed by atoms with van der Waals surface area (Å²) in [5.74, 6) is 1.21. The topological polar surface area (TPSA) is 82.4 Å². The number of rotatable bonds is 6. The van der Waals surface area contributed by atoms with Crippen LogP contribution in [0.4, 0.5) is 0 Å². The van der Waals surface area contributed by atoms with Crippen molar-refractivity contribution in [3.8, 4) is 0 Å². The maximum Gasteiger partial charge on any atom is 0.277 e. The van der Waals surface area contributed by atoms with Crippen LogP contribution >= 0.6 is 35.0 Å². The van der Waals surface area contributed by atoms with Gasteiger partial charge in [-0.15, -0.1) is 10.2 Å². The number of nitrogens with zero attached hydrogens (tertiary/aromatic N) is 2. The Balaban J connectivity index is 1.41. The molecule has 27 heavy (non-hydrogen) atoms. The second-order valence-electron chi connectivity index (χ2n) is 6.20. The molecule has 4 N–H and O–H groups in total. The molecule has 0 amide bonds. The Hall–Kier alpha value is -1.99. The molecule has 5 nitrogen and oxygen atoms in total. The van der Waals surface area contributed by atoms with Gasteiger partial charge in [-0.1, -0.05) is 59.2 Å². The summed E-state index contributed by atoms with van der Waals surface area (Å²) in [5.41, 5.74) is 7.53. The Morgan fingerprint density at radius 1 is 1.11 bits per heavy atom. The van der Waals surface area contributed by atoms with Gasteiger partial charge in [-0.3, -0.25) is 0 Å². The molecule has 2 aromatic heterocycles. The van der Waals surface area contributed by atoms with E-state index in [9.17, 15) is 0 Å². The van der Waals surface area contributed by atoms with Crippen LogP contribution in [-0.4, -0.2) is 15.2 Å². The van der Waals surface area contributed by atoms with E-state index in [1.165, 1.54) is 22.7 Å². The van der Waals surface area contributed by atoms with Crippen molar-refractivity contribution in [2.75, 3.05) is 0 Å². The van der Waals surface area contributed by atoms with E-state index in [2.05, 4.69) is 33.0 Å². The van der Waals surface area contributed by atoms with Gasteiger partial charge in [-0.05, 0) is 29.3 Å². The fraction of sp³-hybridized carbons (Fsp3) is 0.158. The summed E-state index contributed by atoms with van der Waals surface area (Å²) >= 11 is 13.4. The Morgan fingerprint density at radius 3 is 2.81 bits per heavy atom. The number of para-hydroxylation sites is 1. The molecule has 0 saturated carbocycles. The van der Waals surface area contributed by atoms with E-state index in [-0.39, 0.29) is 6.04 Å². The highest BCUT2D eigenvalue weighted by Crippen LogP contribution is 2.28. The van der Waals surface area contributed by atoms with Crippen LogP contribution < -0.4 is 5.73 Å². The molecule has 8 heteroatoms. The molecule has 0 saturated heterocycles. The zero-order valence-electron chi connectivity index (χ0n) is 14.3. The first-order valence-electron chi connectivity index (χ1n) is 8.38. The molecule has 2 aromatic carbocycles. The molecule has 0 bridgehead atoms. The molecule has 1 atom stereocenters. The van der Waals surface area contributed by atoms with Gasteiger partial charge in [0.25, 0.3) is 11.1 Å². The Kier molecular flexibility index (Phi) is 5.41. The Morgan fingerprint density at radius 2 is 1.96 bits per heavy atom. The molecule has 2 heterocycles. The van der Waals surface area contributed by atoms with E-state index in [4.69, 9.17) is 27.6 Å². The molecular formula is C19H17Cl2N4OS+. The number of quaternary nitrogens is 1. The van der Waals surface area contributed by atoms with Gasteiger partial charge in [0.1, 0.15) is 0 Å². The molecule has 0 aliphatic carbocycles. The summed E-state index contributed by atoms with van der Waals surface area (Å²) in [5, 5.41) is 11.1. The van der Waals surface area contributed by atoms with E-state index >= 15 is 0 Å². The van der Waals surface area contributed by atoms with Crippen LogP contribution in [0.15, 0.2) is 58.3 Å². The fourth-order valence-corrected chi connectivity index (χ4v) is 3.90. The zero-order valence-corrected chi connectivity index (χ0v) is 16.6. The third-order valence-electron chi connectivity index (χ3n) is 4.26. The molecule has 0 radical (unpaired) electrons. The van der Waals surface area contributed by atoms with Crippen LogP contribution in [0.3, 0.4) is 0 Å². The van der Waals surface area contributed by atoms with Crippen LogP contribution in [0.25, 0.3) is 10.9 Å². The summed E-state index contributed by atoms with van der Waals surface area (Å²) in [6.45, 7) is 0. The lowest BCUT2D eigenvalue weighted by atomic mass is 10.1. The predicted octanol–water partition coefficient (Wildman–Crippen LogP) is 4.68. The monoisotopic (exact) mass is 419 g/mol. The normalized spacial score (nSPS) is 12.6. The van der Waals surface area contributed by atoms with Crippen molar-refractivity contribution in [2.45, 2.75) is 23.4 Å². The number of thioether (sulfide) groups is 1. The van der Waals surface area contributed by atoms with Crippen molar-refractivity contribution >= 4 is 45.9 Å². The van der Waals surface area contributed by atoms with Gasteiger partial charge < -0.3 is 15.1 Å². The maximum absolute atomic E-state index is 6.05. The van der Waals surface area contributed by atoms with Crippen LogP contribution in [0.5, 0.6) is 0 Å². The van der Waals surface area contributed by atoms with Gasteiger partial charge in [0.05, 0.1) is 10.0 Å². The third-order valence-corrected chi connectivity index (χ3v) is 5.89. The number of aromatic amines is 1. The number of nitrogens with one attached hydrogen (secondary N) is 1. The Labute approximate surface area is 170 Å². The highest BCUT2D eigenvalue weighted by Gasteiger charge is 2.20. The minimum Gasteiger partial charge on any atom is -0.410 e. The summed E-state index contributed by atoms with van der Waals surface area (Å²) in [6.07, 6.45) is 2.74. The Bertz CT molecular complexity index is 1080. The molecule has 0 aliphatic heterocycles. The van der Waals surface area contributed by atoms with Crippen LogP contribution in [-0.2, 0) is 12.2 Å². The van der Waals surface area contributed by atoms with Gasteiger partial charge in [0.2, 0.25) is 0 Å². The first-order chi connectivity index (χ1) is 13.1. The number of hydrogen-bond donors (Lipinski definition) is 2. The molecule has 0 fully saturated rings. The van der Waals surface area contributed by atoms with Gasteiger partial charge >= 0.3 is 0 Å². The lowest BCUT2D eigenvalue weighted by Gasteiger charge is -2.03. The lowest BCUT2D eigenvalue weighted by Crippen LogP contribution is -2.54. The molecule has 1 unspecified atom stereocenters. The van der Waals surface area contributed by atoms with E-state index in [1.54, 1.807) is 6.07 Å². The van der Waals surface area contributed by atoms with Crippen molar-refractivity contribution in [3.63, 3.8) is 0 Å². The molecular weight excluding hydrogens is 403 g/mol. The number of fused-ring (bicyclic) bond motifs is 1. The van der Waals surface area contributed by atoms with Crippen LogP contribution in [0.1, 0.15) is 23.1 Å². The summed E-state index contributed by atoms with van der Waals surface area (Å²) < 4.78 is 5.79. The van der Waals surface area contributed by atoms with E-state index in [0.717, 1.165) is 17.5 Å². The number of benzene rings is 2. The van der Waals surface area contributed by atoms with E-state index in [1.807, 2.05) is 30.5 Å². The minimum atomic E-state index is -0.115. The van der Waals surface area contributed by atoms with E-state index < -0.39 is 0 Å². The predicted molar refractivity (Wildman–Crippen MR) is 108 cm³/mol. The first kappa shape index (κ1) is 18.4. The fourth-order valence-electron chi connectivity index (χ4n) is 2.87. The second kappa shape index (κ2) is 7.94. The van der Waals surface area contributed by atoms with Gasteiger partial charge in [0.15, 0.2) is 6.04 Å². The molecule has 0 aliphatic rings. The van der Waals surface area contributed by atoms with Crippen molar-refractivity contribution in [2.24, 2.45) is 0 Å². The zero-order chi connectivity index (χ0) is 18.8. The summed E-state index contributed by atoms with van der Waals surface area (Å²) in [4.78, 5) is 3.28. The maximum atomic E-state index is 6.05. The number of hydrogen-bond acceptors (Lipinski definition) is 4. The smallest absolute Gasteiger partial charge is 0.277 e. The van der Waals surface area contributed by atoms with Crippen LogP contribution in [0.2, 0.25) is 10.0 Å². The molecule has 4 rings (SSSR count). The summed E-state index contributed by atoms with van der Waals surface area (Å²) in [7, 11) is 0. The number of aromatic nitrogens is 3. The van der Waals surface area contributed by atoms with Crippen molar-refractivity contribution in [1.29, 1.82) is 0 Å². The van der Waals surface area contributed by atoms with Gasteiger partial charge in [-0.25, -0.2) is 0 Å². The minimum absolute atomic E-state index is 0.115. The standard InChI is InChI=1S/C19H16Cl2N4OS/c20-14-6-5-11(7-15(14)21)10-27-19-25-24-18(26-19)16(22)8-12-9-23-17-4-2-1-3-13(12)17/h1-7,9,16,23H,8,10,22H2/p+1. The SMILES string of the molecule is [NH3+]C(Cc1c[nH]c2ccccc12)c1nnc(SCc2ccc(Cl)c(Cl)c2)o1. The largest absolute Gasteiger partial charge is 0.410 e. The number of halogens is 2. The van der Waals surface area contributed by atoms with Crippen molar-refractivity contribution < 1.29 is 10.2 Å². The average Bonchev–Trinajstić information content (AvgIpc) is 3.30. The van der Waals surface area contributed by atoms with Gasteiger partial charge in [0, 0.05) is 29.3 Å².